The average molecular weight is 457 g/mol. The third-order valence-electron chi connectivity index (χ3n) is 5.50. The molecule has 0 saturated carbocycles. The van der Waals surface area contributed by atoms with Crippen LogP contribution in [0.1, 0.15) is 31.5 Å². The van der Waals surface area contributed by atoms with Crippen molar-refractivity contribution in [3.63, 3.8) is 0 Å². The normalized spacial score (nSPS) is 19.5. The first-order valence-corrected chi connectivity index (χ1v) is 11.8. The zero-order valence-corrected chi connectivity index (χ0v) is 19.7. The van der Waals surface area contributed by atoms with Gasteiger partial charge in [-0.15, -0.1) is 11.3 Å². The molecular formula is C22H28N6OS2. The number of aromatic amines is 1. The molecule has 1 amide bonds. The van der Waals surface area contributed by atoms with E-state index in [-0.39, 0.29) is 12.5 Å². The Balaban J connectivity index is 1.40. The third-order valence-corrected chi connectivity index (χ3v) is 6.62. The number of piperidine rings is 1. The molecule has 1 saturated heterocycles. The number of carbonyl (C=O) groups excluding carboxylic acids is 1. The van der Waals surface area contributed by atoms with Gasteiger partial charge in [0.25, 0.3) is 0 Å². The molecule has 1 fully saturated rings. The highest BCUT2D eigenvalue weighted by Crippen LogP contribution is 2.24. The topological polar surface area (TPSA) is 78.8 Å². The number of hydrogen-bond donors (Lipinski definition) is 2. The molecule has 2 atom stereocenters. The van der Waals surface area contributed by atoms with Crippen LogP contribution in [0.25, 0.3) is 11.4 Å². The van der Waals surface area contributed by atoms with Gasteiger partial charge in [-0.2, -0.15) is 5.10 Å². The largest absolute Gasteiger partial charge is 0.300 e. The van der Waals surface area contributed by atoms with Crippen LogP contribution in [0.2, 0.25) is 0 Å². The molecule has 31 heavy (non-hydrogen) atoms. The number of H-pyrrole nitrogens is 1. The molecule has 0 aliphatic carbocycles. The molecule has 2 aromatic heterocycles. The standard InChI is InChI=1S/C22H28N6OS2/c1-14-4-6-17(7-5-14)20-25-26-22(30)28(20)12-19(29)24-21-23-18(13-31-21)11-27-9-15(2)8-16(3)10-27/h4-7,13,15-16H,8-12H2,1-3H3,(H,26,30)(H,23,24,29)/t15-,16+. The Kier molecular flexibility index (Phi) is 6.64. The smallest absolute Gasteiger partial charge is 0.246 e. The van der Waals surface area contributed by atoms with E-state index in [1.807, 2.05) is 36.6 Å². The zero-order chi connectivity index (χ0) is 22.0. The Morgan fingerprint density at radius 1 is 1.26 bits per heavy atom. The van der Waals surface area contributed by atoms with Gasteiger partial charge in [0.2, 0.25) is 5.91 Å². The minimum atomic E-state index is -0.174. The zero-order valence-electron chi connectivity index (χ0n) is 18.1. The van der Waals surface area contributed by atoms with Gasteiger partial charge in [-0.25, -0.2) is 4.98 Å². The van der Waals surface area contributed by atoms with Crippen LogP contribution in [0.3, 0.4) is 0 Å². The lowest BCUT2D eigenvalue weighted by Gasteiger charge is -2.34. The van der Waals surface area contributed by atoms with Crippen molar-refractivity contribution in [2.24, 2.45) is 11.8 Å². The maximum Gasteiger partial charge on any atom is 0.246 e. The first kappa shape index (κ1) is 21.9. The van der Waals surface area contributed by atoms with Crippen molar-refractivity contribution in [2.45, 2.75) is 40.3 Å². The molecule has 164 valence electrons. The van der Waals surface area contributed by atoms with Gasteiger partial charge in [0, 0.05) is 30.6 Å². The monoisotopic (exact) mass is 456 g/mol. The maximum absolute atomic E-state index is 12.7. The molecule has 1 aromatic carbocycles. The number of aryl methyl sites for hydroxylation is 1. The molecule has 3 heterocycles. The van der Waals surface area contributed by atoms with Crippen LogP contribution in [0.4, 0.5) is 5.13 Å². The van der Waals surface area contributed by atoms with Gasteiger partial charge < -0.3 is 5.32 Å². The number of anilines is 1. The third kappa shape index (κ3) is 5.47. The summed E-state index contributed by atoms with van der Waals surface area (Å²) in [6.45, 7) is 9.75. The van der Waals surface area contributed by atoms with Gasteiger partial charge in [0.1, 0.15) is 6.54 Å². The van der Waals surface area contributed by atoms with Crippen molar-refractivity contribution < 1.29 is 4.79 Å². The molecule has 1 aliphatic heterocycles. The van der Waals surface area contributed by atoms with Crippen molar-refractivity contribution in [2.75, 3.05) is 18.4 Å². The van der Waals surface area contributed by atoms with Crippen LogP contribution in [0.5, 0.6) is 0 Å². The van der Waals surface area contributed by atoms with Crippen molar-refractivity contribution in [1.82, 2.24) is 24.6 Å². The molecule has 2 N–H and O–H groups in total. The number of benzene rings is 1. The van der Waals surface area contributed by atoms with Crippen LogP contribution >= 0.6 is 23.6 Å². The second kappa shape index (κ2) is 9.42. The van der Waals surface area contributed by atoms with Crippen molar-refractivity contribution >= 4 is 34.6 Å². The first-order valence-electron chi connectivity index (χ1n) is 10.6. The average Bonchev–Trinajstić information content (AvgIpc) is 3.28. The van der Waals surface area contributed by atoms with Crippen molar-refractivity contribution in [3.05, 3.63) is 45.7 Å². The number of likely N-dealkylation sites (tertiary alicyclic amines) is 1. The predicted molar refractivity (Wildman–Crippen MR) is 127 cm³/mol. The predicted octanol–water partition coefficient (Wildman–Crippen LogP) is 4.49. The Labute approximate surface area is 191 Å². The minimum absolute atomic E-state index is 0.0780. The molecule has 9 heteroatoms. The molecule has 0 bridgehead atoms. The summed E-state index contributed by atoms with van der Waals surface area (Å²) in [6.07, 6.45) is 1.29. The lowest BCUT2D eigenvalue weighted by atomic mass is 9.92. The van der Waals surface area contributed by atoms with Gasteiger partial charge in [-0.05, 0) is 37.4 Å². The van der Waals surface area contributed by atoms with E-state index in [2.05, 4.69) is 39.2 Å². The second-order valence-corrected chi connectivity index (χ2v) is 9.88. The lowest BCUT2D eigenvalue weighted by Crippen LogP contribution is -2.38. The van der Waals surface area contributed by atoms with E-state index >= 15 is 0 Å². The van der Waals surface area contributed by atoms with E-state index in [4.69, 9.17) is 12.2 Å². The van der Waals surface area contributed by atoms with Crippen LogP contribution in [0, 0.1) is 23.5 Å². The van der Waals surface area contributed by atoms with E-state index in [1.54, 1.807) is 4.57 Å². The Bertz CT molecular complexity index is 1090. The summed E-state index contributed by atoms with van der Waals surface area (Å²) in [4.78, 5) is 19.8. The molecule has 0 spiro atoms. The van der Waals surface area contributed by atoms with E-state index < -0.39 is 0 Å². The van der Waals surface area contributed by atoms with Gasteiger partial charge in [-0.1, -0.05) is 43.7 Å². The van der Waals surface area contributed by atoms with Crippen molar-refractivity contribution in [3.8, 4) is 11.4 Å². The number of carbonyl (C=O) groups is 1. The van der Waals surface area contributed by atoms with Crippen LogP contribution in [-0.2, 0) is 17.9 Å². The summed E-state index contributed by atoms with van der Waals surface area (Å²) >= 11 is 6.80. The number of aromatic nitrogens is 4. The molecule has 0 radical (unpaired) electrons. The summed E-state index contributed by atoms with van der Waals surface area (Å²) in [5, 5.41) is 12.7. The van der Waals surface area contributed by atoms with Gasteiger partial charge >= 0.3 is 0 Å². The highest BCUT2D eigenvalue weighted by atomic mass is 32.1. The number of nitrogens with zero attached hydrogens (tertiary/aromatic N) is 4. The summed E-state index contributed by atoms with van der Waals surface area (Å²) in [5.74, 6) is 1.90. The van der Waals surface area contributed by atoms with E-state index in [9.17, 15) is 4.79 Å². The second-order valence-electron chi connectivity index (χ2n) is 8.64. The fraction of sp³-hybridized carbons (Fsp3) is 0.455. The number of rotatable bonds is 6. The number of amides is 1. The van der Waals surface area contributed by atoms with Crippen molar-refractivity contribution in [1.29, 1.82) is 0 Å². The van der Waals surface area contributed by atoms with E-state index in [0.29, 0.717) is 27.6 Å². The van der Waals surface area contributed by atoms with Crippen LogP contribution < -0.4 is 5.32 Å². The fourth-order valence-corrected chi connectivity index (χ4v) is 5.19. The molecule has 4 rings (SSSR count). The Hall–Kier alpha value is -2.36. The number of thiazole rings is 1. The highest BCUT2D eigenvalue weighted by molar-refractivity contribution is 7.71. The summed E-state index contributed by atoms with van der Waals surface area (Å²) in [7, 11) is 0. The highest BCUT2D eigenvalue weighted by Gasteiger charge is 2.22. The number of nitrogens with one attached hydrogen (secondary N) is 2. The fourth-order valence-electron chi connectivity index (χ4n) is 4.28. The Morgan fingerprint density at radius 3 is 2.68 bits per heavy atom. The van der Waals surface area contributed by atoms with E-state index in [0.717, 1.165) is 36.5 Å². The lowest BCUT2D eigenvalue weighted by molar-refractivity contribution is -0.116. The summed E-state index contributed by atoms with van der Waals surface area (Å²) < 4.78 is 2.12. The van der Waals surface area contributed by atoms with Crippen LogP contribution in [-0.4, -0.2) is 43.6 Å². The Morgan fingerprint density at radius 2 is 1.97 bits per heavy atom. The molecule has 3 aromatic rings. The van der Waals surface area contributed by atoms with Gasteiger partial charge in [0.15, 0.2) is 15.7 Å². The molecule has 7 nitrogen and oxygen atoms in total. The molecular weight excluding hydrogens is 428 g/mol. The van der Waals surface area contributed by atoms with Gasteiger partial charge in [-0.3, -0.25) is 19.4 Å². The first-order chi connectivity index (χ1) is 14.9. The summed E-state index contributed by atoms with van der Waals surface area (Å²) in [6, 6.07) is 7.98. The minimum Gasteiger partial charge on any atom is -0.300 e. The van der Waals surface area contributed by atoms with E-state index in [1.165, 1.54) is 17.8 Å². The summed E-state index contributed by atoms with van der Waals surface area (Å²) in [5.41, 5.74) is 3.07. The number of hydrogen-bond acceptors (Lipinski definition) is 6. The molecule has 0 unspecified atom stereocenters. The quantitative estimate of drug-likeness (QED) is 0.535. The SMILES string of the molecule is Cc1ccc(-c2n[nH]c(=S)n2CC(=O)Nc2nc(CN3C[C@H](C)C[C@H](C)C3)cs2)cc1. The maximum atomic E-state index is 12.7. The van der Waals surface area contributed by atoms with Crippen LogP contribution in [0.15, 0.2) is 29.6 Å². The van der Waals surface area contributed by atoms with Gasteiger partial charge in [0.05, 0.1) is 5.69 Å². The molecule has 1 aliphatic rings.